The molecule has 0 aromatic carbocycles. The van der Waals surface area contributed by atoms with Crippen molar-refractivity contribution in [2.24, 2.45) is 16.5 Å². The summed E-state index contributed by atoms with van der Waals surface area (Å²) < 4.78 is 0. The fourth-order valence-electron chi connectivity index (χ4n) is 1.39. The molecule has 5 N–H and O–H groups in total. The van der Waals surface area contributed by atoms with Gasteiger partial charge >= 0.3 is 0 Å². The molecule has 1 saturated carbocycles. The lowest BCUT2D eigenvalue weighted by atomic mass is 10.3. The van der Waals surface area contributed by atoms with Gasteiger partial charge in [0.1, 0.15) is 0 Å². The SMILES string of the molecule is CCCCN(/C(N)=N/C(=N)N)C1CC1. The number of nitrogens with zero attached hydrogens (tertiary/aromatic N) is 2. The number of nitrogens with two attached hydrogens (primary N) is 2. The van der Waals surface area contributed by atoms with E-state index in [-0.39, 0.29) is 5.96 Å². The Hall–Kier alpha value is -1.26. The van der Waals surface area contributed by atoms with Crippen LogP contribution in [0.1, 0.15) is 32.6 Å². The lowest BCUT2D eigenvalue weighted by molar-refractivity contribution is 0.395. The normalized spacial score (nSPS) is 16.8. The molecule has 0 amide bonds. The minimum atomic E-state index is -0.218. The van der Waals surface area contributed by atoms with E-state index < -0.39 is 0 Å². The summed E-state index contributed by atoms with van der Waals surface area (Å²) in [6.07, 6.45) is 4.59. The molecule has 0 heterocycles. The van der Waals surface area contributed by atoms with Crippen LogP contribution in [0.4, 0.5) is 0 Å². The van der Waals surface area contributed by atoms with Crippen LogP contribution in [0.25, 0.3) is 0 Å². The van der Waals surface area contributed by atoms with Gasteiger partial charge in [-0.25, -0.2) is 0 Å². The highest BCUT2D eigenvalue weighted by molar-refractivity contribution is 5.92. The molecule has 0 spiro atoms. The highest BCUT2D eigenvalue weighted by Gasteiger charge is 2.29. The third kappa shape index (κ3) is 3.24. The molecule has 5 nitrogen and oxygen atoms in total. The zero-order chi connectivity index (χ0) is 10.6. The molecule has 0 aromatic rings. The van der Waals surface area contributed by atoms with Crippen LogP contribution in [-0.4, -0.2) is 29.4 Å². The van der Waals surface area contributed by atoms with Crippen molar-refractivity contribution in [1.29, 1.82) is 5.41 Å². The summed E-state index contributed by atoms with van der Waals surface area (Å²) in [5.74, 6) is 0.179. The van der Waals surface area contributed by atoms with E-state index in [0.717, 1.165) is 19.4 Å². The molecule has 1 aliphatic rings. The van der Waals surface area contributed by atoms with Crippen molar-refractivity contribution in [3.63, 3.8) is 0 Å². The van der Waals surface area contributed by atoms with Crippen LogP contribution < -0.4 is 11.5 Å². The van der Waals surface area contributed by atoms with Crippen LogP contribution in [0.5, 0.6) is 0 Å². The van der Waals surface area contributed by atoms with Gasteiger partial charge < -0.3 is 16.4 Å². The molecular formula is C9H19N5. The van der Waals surface area contributed by atoms with Crippen molar-refractivity contribution in [2.75, 3.05) is 6.54 Å². The lowest BCUT2D eigenvalue weighted by Crippen LogP contribution is -2.40. The average molecular weight is 197 g/mol. The van der Waals surface area contributed by atoms with Crippen LogP contribution in [-0.2, 0) is 0 Å². The van der Waals surface area contributed by atoms with Gasteiger partial charge in [0.15, 0.2) is 5.96 Å². The lowest BCUT2D eigenvalue weighted by Gasteiger charge is -2.22. The van der Waals surface area contributed by atoms with Crippen molar-refractivity contribution >= 4 is 11.9 Å². The van der Waals surface area contributed by atoms with E-state index in [1.54, 1.807) is 0 Å². The molecular weight excluding hydrogens is 178 g/mol. The summed E-state index contributed by atoms with van der Waals surface area (Å²) in [5.41, 5.74) is 10.9. The van der Waals surface area contributed by atoms with E-state index in [4.69, 9.17) is 16.9 Å². The first-order chi connectivity index (χ1) is 6.65. The topological polar surface area (TPSA) is 91.5 Å². The number of aliphatic imine (C=N–C) groups is 1. The summed E-state index contributed by atoms with van der Waals surface area (Å²) >= 11 is 0. The predicted octanol–water partition coefficient (Wildman–Crippen LogP) is 0.459. The minimum Gasteiger partial charge on any atom is -0.369 e. The number of hydrogen-bond acceptors (Lipinski definition) is 1. The second-order valence-electron chi connectivity index (χ2n) is 3.63. The fourth-order valence-corrected chi connectivity index (χ4v) is 1.39. The third-order valence-electron chi connectivity index (χ3n) is 2.27. The molecule has 14 heavy (non-hydrogen) atoms. The van der Waals surface area contributed by atoms with Gasteiger partial charge in [-0.3, -0.25) is 5.41 Å². The average Bonchev–Trinajstić information content (AvgIpc) is 2.87. The monoisotopic (exact) mass is 197 g/mol. The first-order valence-electron chi connectivity index (χ1n) is 5.10. The van der Waals surface area contributed by atoms with Gasteiger partial charge in [-0.15, -0.1) is 0 Å². The largest absolute Gasteiger partial charge is 0.369 e. The molecule has 1 aliphatic carbocycles. The Morgan fingerprint density at radius 2 is 2.14 bits per heavy atom. The Labute approximate surface area is 84.7 Å². The number of unbranched alkanes of at least 4 members (excludes halogenated alkanes) is 1. The molecule has 0 aromatic heterocycles. The van der Waals surface area contributed by atoms with Gasteiger partial charge in [0.2, 0.25) is 5.96 Å². The van der Waals surface area contributed by atoms with Gasteiger partial charge in [0.25, 0.3) is 0 Å². The van der Waals surface area contributed by atoms with Crippen LogP contribution in [0.15, 0.2) is 4.99 Å². The van der Waals surface area contributed by atoms with Crippen LogP contribution in [0.3, 0.4) is 0 Å². The van der Waals surface area contributed by atoms with E-state index in [1.165, 1.54) is 12.8 Å². The second-order valence-corrected chi connectivity index (χ2v) is 3.63. The number of guanidine groups is 2. The third-order valence-corrected chi connectivity index (χ3v) is 2.27. The van der Waals surface area contributed by atoms with Crippen LogP contribution in [0, 0.1) is 5.41 Å². The summed E-state index contributed by atoms with van der Waals surface area (Å²) in [4.78, 5) is 5.83. The molecule has 0 aliphatic heterocycles. The molecule has 1 fully saturated rings. The van der Waals surface area contributed by atoms with Crippen molar-refractivity contribution < 1.29 is 0 Å². The zero-order valence-corrected chi connectivity index (χ0v) is 8.66. The van der Waals surface area contributed by atoms with E-state index >= 15 is 0 Å². The molecule has 0 unspecified atom stereocenters. The summed E-state index contributed by atoms with van der Waals surface area (Å²) in [5, 5.41) is 7.04. The van der Waals surface area contributed by atoms with E-state index in [0.29, 0.717) is 12.0 Å². The highest BCUT2D eigenvalue weighted by Crippen LogP contribution is 2.26. The molecule has 1 rings (SSSR count). The Balaban J connectivity index is 2.52. The van der Waals surface area contributed by atoms with E-state index in [1.807, 2.05) is 0 Å². The predicted molar refractivity (Wildman–Crippen MR) is 58.2 cm³/mol. The Bertz CT molecular complexity index is 231. The zero-order valence-electron chi connectivity index (χ0n) is 8.66. The summed E-state index contributed by atoms with van der Waals surface area (Å²) in [7, 11) is 0. The molecule has 5 heteroatoms. The maximum absolute atomic E-state index is 7.04. The molecule has 0 radical (unpaired) electrons. The molecule has 80 valence electrons. The van der Waals surface area contributed by atoms with Crippen LogP contribution in [0.2, 0.25) is 0 Å². The van der Waals surface area contributed by atoms with Crippen LogP contribution >= 0.6 is 0 Å². The second kappa shape index (κ2) is 4.83. The maximum atomic E-state index is 7.04. The number of nitrogens with one attached hydrogen (secondary N) is 1. The van der Waals surface area contributed by atoms with Gasteiger partial charge in [0, 0.05) is 12.6 Å². The molecule has 0 bridgehead atoms. The van der Waals surface area contributed by atoms with E-state index in [9.17, 15) is 0 Å². The Morgan fingerprint density at radius 3 is 2.57 bits per heavy atom. The van der Waals surface area contributed by atoms with Gasteiger partial charge in [-0.2, -0.15) is 4.99 Å². The minimum absolute atomic E-state index is 0.218. The molecule has 0 atom stereocenters. The maximum Gasteiger partial charge on any atom is 0.215 e. The standard InChI is InChI=1S/C9H19N5/c1-2-3-6-14(7-4-5-7)9(12)13-8(10)11/h7H,2-6H2,1H3,(H5,10,11,12,13). The smallest absolute Gasteiger partial charge is 0.215 e. The van der Waals surface area contributed by atoms with Crippen molar-refractivity contribution in [2.45, 2.75) is 38.6 Å². The van der Waals surface area contributed by atoms with Gasteiger partial charge in [-0.1, -0.05) is 13.3 Å². The van der Waals surface area contributed by atoms with Gasteiger partial charge in [-0.05, 0) is 19.3 Å². The number of rotatable bonds is 4. The van der Waals surface area contributed by atoms with Gasteiger partial charge in [0.05, 0.1) is 0 Å². The summed E-state index contributed by atoms with van der Waals surface area (Å²) in [6.45, 7) is 3.06. The highest BCUT2D eigenvalue weighted by atomic mass is 15.3. The number of hydrogen-bond donors (Lipinski definition) is 3. The van der Waals surface area contributed by atoms with Crippen molar-refractivity contribution in [3.8, 4) is 0 Å². The van der Waals surface area contributed by atoms with E-state index in [2.05, 4.69) is 16.8 Å². The first kappa shape index (κ1) is 10.8. The Morgan fingerprint density at radius 1 is 1.50 bits per heavy atom. The Kier molecular flexibility index (Phi) is 3.73. The summed E-state index contributed by atoms with van der Waals surface area (Å²) in [6, 6.07) is 0.532. The quantitative estimate of drug-likeness (QED) is 0.451. The van der Waals surface area contributed by atoms with Crippen molar-refractivity contribution in [1.82, 2.24) is 4.90 Å². The first-order valence-corrected chi connectivity index (χ1v) is 5.10. The van der Waals surface area contributed by atoms with Crippen molar-refractivity contribution in [3.05, 3.63) is 0 Å². The molecule has 0 saturated heterocycles. The fraction of sp³-hybridized carbons (Fsp3) is 0.778.